The van der Waals surface area contributed by atoms with E-state index in [0.717, 1.165) is 17.9 Å². The largest absolute Gasteiger partial charge is 0.426 e. The van der Waals surface area contributed by atoms with E-state index >= 15 is 0 Å². The first-order valence-electron chi connectivity index (χ1n) is 9.20. The standard InChI is InChI=1S/C22H23N5O2/c1-5-16-6-11-20(24-14-16)27(4)17-7-9-18(10-8-17)29-22-25-15(2)19(12-13-23-3)21(28)26-22/h6-14H,2,5H2,1,3-4H3,(H,25,26,28)/b19-12+,23-13?. The number of rotatable bonds is 6. The van der Waals surface area contributed by atoms with Crippen molar-refractivity contribution in [2.24, 2.45) is 4.99 Å². The SMILES string of the molecule is C=c1nc(Oc2ccc(N(C)c3ccc(CC)cn3)cc2)[nH]c(=O)/c1=C/C=NC. The number of hydrogen-bond acceptors (Lipinski definition) is 6. The van der Waals surface area contributed by atoms with Gasteiger partial charge in [0, 0.05) is 32.2 Å². The average molecular weight is 389 g/mol. The van der Waals surface area contributed by atoms with Crippen LogP contribution in [0.1, 0.15) is 12.5 Å². The molecule has 7 heteroatoms. The number of H-pyrrole nitrogens is 1. The summed E-state index contributed by atoms with van der Waals surface area (Å²) in [5, 5.41) is 0.670. The van der Waals surface area contributed by atoms with Crippen molar-refractivity contribution in [1.29, 1.82) is 0 Å². The third kappa shape index (κ3) is 4.76. The van der Waals surface area contributed by atoms with Crippen LogP contribution in [0, 0.1) is 0 Å². The van der Waals surface area contributed by atoms with Crippen molar-refractivity contribution < 1.29 is 4.74 Å². The molecule has 0 atom stereocenters. The Kier molecular flexibility index (Phi) is 6.19. The van der Waals surface area contributed by atoms with Crippen molar-refractivity contribution in [2.75, 3.05) is 19.0 Å². The van der Waals surface area contributed by atoms with Crippen molar-refractivity contribution in [3.05, 3.63) is 69.1 Å². The molecular weight excluding hydrogens is 366 g/mol. The number of aliphatic imine (C=N–C) groups is 1. The summed E-state index contributed by atoms with van der Waals surface area (Å²) < 4.78 is 5.68. The smallest absolute Gasteiger partial charge is 0.302 e. The van der Waals surface area contributed by atoms with Crippen LogP contribution >= 0.6 is 0 Å². The van der Waals surface area contributed by atoms with Crippen LogP contribution in [0.2, 0.25) is 0 Å². The summed E-state index contributed by atoms with van der Waals surface area (Å²) in [6, 6.07) is 11.6. The van der Waals surface area contributed by atoms with Crippen LogP contribution in [0.4, 0.5) is 11.5 Å². The van der Waals surface area contributed by atoms with Crippen molar-refractivity contribution in [3.63, 3.8) is 0 Å². The molecule has 0 fully saturated rings. The van der Waals surface area contributed by atoms with E-state index in [2.05, 4.69) is 39.5 Å². The van der Waals surface area contributed by atoms with Crippen LogP contribution in [-0.4, -0.2) is 35.3 Å². The number of benzene rings is 1. The molecule has 3 aromatic rings. The minimum Gasteiger partial charge on any atom is -0.426 e. The Morgan fingerprint density at radius 1 is 1.24 bits per heavy atom. The van der Waals surface area contributed by atoms with Gasteiger partial charge in [-0.25, -0.2) is 4.98 Å². The van der Waals surface area contributed by atoms with E-state index in [1.807, 2.05) is 36.3 Å². The highest BCUT2D eigenvalue weighted by atomic mass is 16.5. The molecule has 1 aromatic carbocycles. The lowest BCUT2D eigenvalue weighted by Gasteiger charge is -2.18. The fourth-order valence-electron chi connectivity index (χ4n) is 2.68. The quantitative estimate of drug-likeness (QED) is 0.654. The Morgan fingerprint density at radius 3 is 2.59 bits per heavy atom. The molecule has 0 amide bonds. The van der Waals surface area contributed by atoms with E-state index < -0.39 is 0 Å². The number of aromatic amines is 1. The molecule has 0 aliphatic rings. The summed E-state index contributed by atoms with van der Waals surface area (Å²) in [6.07, 6.45) is 5.92. The van der Waals surface area contributed by atoms with Gasteiger partial charge in [-0.1, -0.05) is 19.6 Å². The molecule has 0 radical (unpaired) electrons. The van der Waals surface area contributed by atoms with Gasteiger partial charge in [-0.3, -0.25) is 14.8 Å². The van der Waals surface area contributed by atoms with Crippen LogP contribution in [0.25, 0.3) is 12.7 Å². The van der Waals surface area contributed by atoms with Crippen molar-refractivity contribution in [1.82, 2.24) is 15.0 Å². The minimum atomic E-state index is -0.335. The Morgan fingerprint density at radius 2 is 2.00 bits per heavy atom. The number of hydrogen-bond donors (Lipinski definition) is 1. The Balaban J connectivity index is 1.78. The maximum absolute atomic E-state index is 12.2. The maximum Gasteiger partial charge on any atom is 0.302 e. The van der Waals surface area contributed by atoms with E-state index in [9.17, 15) is 4.79 Å². The predicted octanol–water partition coefficient (Wildman–Crippen LogP) is 2.18. The van der Waals surface area contributed by atoms with Gasteiger partial charge in [-0.15, -0.1) is 0 Å². The first-order chi connectivity index (χ1) is 14.0. The molecule has 0 unspecified atom stereocenters. The van der Waals surface area contributed by atoms with Crippen LogP contribution in [-0.2, 0) is 6.42 Å². The highest BCUT2D eigenvalue weighted by molar-refractivity contribution is 5.90. The van der Waals surface area contributed by atoms with Gasteiger partial charge >= 0.3 is 6.01 Å². The van der Waals surface area contributed by atoms with E-state index in [1.54, 1.807) is 25.3 Å². The lowest BCUT2D eigenvalue weighted by molar-refractivity contribution is 0.437. The van der Waals surface area contributed by atoms with E-state index in [-0.39, 0.29) is 11.6 Å². The average Bonchev–Trinajstić information content (AvgIpc) is 2.73. The first kappa shape index (κ1) is 20.0. The van der Waals surface area contributed by atoms with Gasteiger partial charge in [0.25, 0.3) is 5.56 Å². The molecule has 29 heavy (non-hydrogen) atoms. The molecule has 7 nitrogen and oxygen atoms in total. The summed E-state index contributed by atoms with van der Waals surface area (Å²) in [7, 11) is 3.57. The molecule has 148 valence electrons. The van der Waals surface area contributed by atoms with Gasteiger partial charge in [-0.05, 0) is 48.4 Å². The minimum absolute atomic E-state index is 0.0866. The lowest BCUT2D eigenvalue weighted by Crippen LogP contribution is -2.42. The Labute approximate surface area is 168 Å². The van der Waals surface area contributed by atoms with Crippen molar-refractivity contribution in [3.8, 4) is 11.8 Å². The third-order valence-electron chi connectivity index (χ3n) is 4.40. The van der Waals surface area contributed by atoms with E-state index in [0.29, 0.717) is 16.3 Å². The van der Waals surface area contributed by atoms with Crippen LogP contribution in [0.3, 0.4) is 0 Å². The number of ether oxygens (including phenoxy) is 1. The normalized spacial score (nSPS) is 11.8. The fraction of sp³-hybridized carbons (Fsp3) is 0.182. The second-order valence-electron chi connectivity index (χ2n) is 6.34. The number of aromatic nitrogens is 3. The number of nitrogens with zero attached hydrogens (tertiary/aromatic N) is 4. The monoisotopic (exact) mass is 389 g/mol. The van der Waals surface area contributed by atoms with Crippen molar-refractivity contribution >= 4 is 30.4 Å². The molecular formula is C22H23N5O2. The third-order valence-corrected chi connectivity index (χ3v) is 4.40. The molecule has 0 saturated carbocycles. The Bertz CT molecular complexity index is 1130. The molecule has 2 aromatic heterocycles. The van der Waals surface area contributed by atoms with Gasteiger partial charge in [-0.2, -0.15) is 4.98 Å². The zero-order valence-electron chi connectivity index (χ0n) is 16.7. The Hall–Kier alpha value is -3.74. The van der Waals surface area contributed by atoms with Gasteiger partial charge in [0.2, 0.25) is 0 Å². The zero-order chi connectivity index (χ0) is 20.8. The molecule has 0 bridgehead atoms. The van der Waals surface area contributed by atoms with E-state index in [1.165, 1.54) is 11.8 Å². The van der Waals surface area contributed by atoms with Crippen molar-refractivity contribution in [2.45, 2.75) is 13.3 Å². The number of anilines is 2. The summed E-state index contributed by atoms with van der Waals surface area (Å²) in [5.41, 5.74) is 1.82. The van der Waals surface area contributed by atoms with Gasteiger partial charge in [0.15, 0.2) is 0 Å². The zero-order valence-corrected chi connectivity index (χ0v) is 16.7. The predicted molar refractivity (Wildman–Crippen MR) is 117 cm³/mol. The highest BCUT2D eigenvalue weighted by Gasteiger charge is 2.07. The number of aryl methyl sites for hydroxylation is 1. The van der Waals surface area contributed by atoms with Gasteiger partial charge in [0.05, 0.1) is 10.6 Å². The van der Waals surface area contributed by atoms with Gasteiger partial charge in [0.1, 0.15) is 11.6 Å². The summed E-state index contributed by atoms with van der Waals surface area (Å²) >= 11 is 0. The first-order valence-corrected chi connectivity index (χ1v) is 9.20. The fourth-order valence-corrected chi connectivity index (χ4v) is 2.68. The van der Waals surface area contributed by atoms with Gasteiger partial charge < -0.3 is 9.64 Å². The summed E-state index contributed by atoms with van der Waals surface area (Å²) in [5.74, 6) is 1.40. The molecule has 0 aliphatic heterocycles. The topological polar surface area (TPSA) is 83.5 Å². The number of pyridine rings is 1. The highest BCUT2D eigenvalue weighted by Crippen LogP contribution is 2.25. The van der Waals surface area contributed by atoms with Crippen LogP contribution < -0.4 is 25.8 Å². The van der Waals surface area contributed by atoms with Crippen LogP contribution in [0.15, 0.2) is 52.4 Å². The molecule has 0 aliphatic carbocycles. The molecule has 1 N–H and O–H groups in total. The molecule has 2 heterocycles. The second kappa shape index (κ2) is 8.97. The second-order valence-corrected chi connectivity index (χ2v) is 6.34. The maximum atomic E-state index is 12.2. The summed E-state index contributed by atoms with van der Waals surface area (Å²) in [6.45, 7) is 5.90. The molecule has 0 saturated heterocycles. The lowest BCUT2D eigenvalue weighted by atomic mass is 10.2. The molecule has 3 rings (SSSR count). The van der Waals surface area contributed by atoms with E-state index in [4.69, 9.17) is 4.74 Å². The number of nitrogens with one attached hydrogen (secondary N) is 1. The summed E-state index contributed by atoms with van der Waals surface area (Å²) in [4.78, 5) is 29.3. The van der Waals surface area contributed by atoms with Crippen LogP contribution in [0.5, 0.6) is 11.8 Å². The molecule has 0 spiro atoms.